The molecular formula is C25H25N5O8. The minimum Gasteiger partial charge on any atom is -0.478 e. The number of amides is 1. The molecule has 1 saturated heterocycles. The van der Waals surface area contributed by atoms with Crippen LogP contribution in [0.3, 0.4) is 0 Å². The maximum atomic E-state index is 12.5. The normalized spacial score (nSPS) is 13.9. The summed E-state index contributed by atoms with van der Waals surface area (Å²) in [6, 6.07) is 16.1. The number of carboxylic acids is 2. The highest BCUT2D eigenvalue weighted by molar-refractivity contribution is 5.91. The molecule has 1 aromatic heterocycles. The second-order valence-corrected chi connectivity index (χ2v) is 8.25. The van der Waals surface area contributed by atoms with Crippen molar-refractivity contribution >= 4 is 23.5 Å². The van der Waals surface area contributed by atoms with E-state index in [0.717, 1.165) is 32.5 Å². The second kappa shape index (κ2) is 13.4. The third-order valence-corrected chi connectivity index (χ3v) is 5.49. The Morgan fingerprint density at radius 3 is 2.18 bits per heavy atom. The molecule has 3 N–H and O–H groups in total. The van der Waals surface area contributed by atoms with Crippen LogP contribution in [0.1, 0.15) is 29.0 Å². The van der Waals surface area contributed by atoms with Gasteiger partial charge in [-0.3, -0.25) is 19.8 Å². The third-order valence-electron chi connectivity index (χ3n) is 5.49. The van der Waals surface area contributed by atoms with Gasteiger partial charge in [0, 0.05) is 55.5 Å². The fourth-order valence-corrected chi connectivity index (χ4v) is 3.63. The van der Waals surface area contributed by atoms with Gasteiger partial charge in [0.25, 0.3) is 23.3 Å². The zero-order chi connectivity index (χ0) is 27.5. The van der Waals surface area contributed by atoms with Crippen LogP contribution in [-0.2, 0) is 16.1 Å². The Hall–Kier alpha value is -4.91. The number of aromatic nitrogens is 2. The molecule has 0 atom stereocenters. The molecule has 0 unspecified atom stereocenters. The molecule has 0 saturated carbocycles. The highest BCUT2D eigenvalue weighted by atomic mass is 16.6. The molecule has 13 heteroatoms. The topological polar surface area (TPSA) is 189 Å². The first-order chi connectivity index (χ1) is 18.2. The highest BCUT2D eigenvalue weighted by Crippen LogP contribution is 2.21. The van der Waals surface area contributed by atoms with E-state index in [-0.39, 0.29) is 29.4 Å². The van der Waals surface area contributed by atoms with Gasteiger partial charge in [0.1, 0.15) is 0 Å². The van der Waals surface area contributed by atoms with Crippen LogP contribution in [0.5, 0.6) is 0 Å². The average molecular weight is 524 g/mol. The summed E-state index contributed by atoms with van der Waals surface area (Å²) < 4.78 is 5.14. The first-order valence-corrected chi connectivity index (χ1v) is 11.5. The number of nitrogens with one attached hydrogen (secondary N) is 1. The van der Waals surface area contributed by atoms with Crippen LogP contribution in [0.15, 0.2) is 71.3 Å². The lowest BCUT2D eigenvalue weighted by molar-refractivity contribution is -0.384. The van der Waals surface area contributed by atoms with Crippen molar-refractivity contribution in [2.24, 2.45) is 0 Å². The van der Waals surface area contributed by atoms with Gasteiger partial charge in [0.2, 0.25) is 0 Å². The first-order valence-electron chi connectivity index (χ1n) is 11.5. The first kappa shape index (κ1) is 27.7. The van der Waals surface area contributed by atoms with Crippen molar-refractivity contribution < 1.29 is 34.0 Å². The standard InChI is InChI=1S/C21H21N5O4.C4H4O4/c27-20(19-23-21(30-24-19)16-6-8-18(9-7-16)26(28)29)22-17-10-12-25(13-11-17)14-15-4-2-1-3-5-15;5-3(6)1-2-4(7)8/h1-9,17H,10-14H2,(H,22,27);1-2H,(H,5,6)(H,7,8)/b;2-1+. The monoisotopic (exact) mass is 523 g/mol. The van der Waals surface area contributed by atoms with Crippen LogP contribution < -0.4 is 5.32 Å². The van der Waals surface area contributed by atoms with E-state index in [2.05, 4.69) is 32.5 Å². The summed E-state index contributed by atoms with van der Waals surface area (Å²) in [6.07, 6.45) is 2.82. The lowest BCUT2D eigenvalue weighted by Gasteiger charge is -2.32. The molecule has 3 aromatic rings. The maximum absolute atomic E-state index is 12.5. The zero-order valence-corrected chi connectivity index (χ0v) is 20.1. The smallest absolute Gasteiger partial charge is 0.328 e. The number of nitro benzene ring substituents is 1. The predicted molar refractivity (Wildman–Crippen MR) is 133 cm³/mol. The van der Waals surface area contributed by atoms with Crippen LogP contribution in [0.25, 0.3) is 11.5 Å². The minimum atomic E-state index is -1.26. The summed E-state index contributed by atoms with van der Waals surface area (Å²) in [5.74, 6) is -2.80. The van der Waals surface area contributed by atoms with Crippen molar-refractivity contribution in [1.29, 1.82) is 0 Å². The Balaban J connectivity index is 0.000000436. The van der Waals surface area contributed by atoms with Gasteiger partial charge < -0.3 is 20.1 Å². The van der Waals surface area contributed by atoms with Gasteiger partial charge in [-0.2, -0.15) is 4.98 Å². The van der Waals surface area contributed by atoms with Crippen LogP contribution in [0, 0.1) is 10.1 Å². The summed E-state index contributed by atoms with van der Waals surface area (Å²) in [6.45, 7) is 2.71. The van der Waals surface area contributed by atoms with Gasteiger partial charge in [-0.1, -0.05) is 35.5 Å². The van der Waals surface area contributed by atoms with Crippen LogP contribution in [-0.4, -0.2) is 67.2 Å². The van der Waals surface area contributed by atoms with Crippen molar-refractivity contribution in [2.75, 3.05) is 13.1 Å². The van der Waals surface area contributed by atoms with Gasteiger partial charge in [0.05, 0.1) is 4.92 Å². The molecule has 0 spiro atoms. The SMILES string of the molecule is O=C(NC1CCN(Cc2ccccc2)CC1)c1noc(-c2ccc([N+](=O)[O-])cc2)n1.O=C(O)/C=C/C(=O)O. The molecule has 2 aromatic carbocycles. The van der Waals surface area contributed by atoms with Crippen molar-refractivity contribution in [1.82, 2.24) is 20.4 Å². The lowest BCUT2D eigenvalue weighted by atomic mass is 10.0. The number of hydrogen-bond acceptors (Lipinski definition) is 9. The Bertz CT molecular complexity index is 1270. The van der Waals surface area contributed by atoms with Gasteiger partial charge in [-0.15, -0.1) is 0 Å². The van der Waals surface area contributed by atoms with Gasteiger partial charge >= 0.3 is 11.9 Å². The number of aliphatic carboxylic acids is 2. The fourth-order valence-electron chi connectivity index (χ4n) is 3.63. The molecule has 2 heterocycles. The summed E-state index contributed by atoms with van der Waals surface area (Å²) in [5, 5.41) is 33.1. The molecule has 1 aliphatic rings. The van der Waals surface area contributed by atoms with E-state index >= 15 is 0 Å². The molecule has 1 amide bonds. The minimum absolute atomic E-state index is 0.0326. The molecule has 1 fully saturated rings. The summed E-state index contributed by atoms with van der Waals surface area (Å²) in [7, 11) is 0. The van der Waals surface area contributed by atoms with E-state index in [4.69, 9.17) is 14.7 Å². The number of hydrogen-bond donors (Lipinski definition) is 3. The number of non-ortho nitro benzene ring substituents is 1. The lowest BCUT2D eigenvalue weighted by Crippen LogP contribution is -2.44. The number of rotatable bonds is 8. The number of benzene rings is 2. The second-order valence-electron chi connectivity index (χ2n) is 8.25. The predicted octanol–water partition coefficient (Wildman–Crippen LogP) is 2.75. The summed E-state index contributed by atoms with van der Waals surface area (Å²) in [5.41, 5.74) is 1.77. The number of carbonyl (C=O) groups is 3. The molecule has 0 bridgehead atoms. The van der Waals surface area contributed by atoms with Crippen molar-refractivity contribution in [3.63, 3.8) is 0 Å². The number of nitro groups is 1. The molecular weight excluding hydrogens is 498 g/mol. The van der Waals surface area contributed by atoms with Crippen molar-refractivity contribution in [3.05, 3.63) is 88.3 Å². The number of nitrogens with zero attached hydrogens (tertiary/aromatic N) is 4. The van der Waals surface area contributed by atoms with Crippen LogP contribution in [0.4, 0.5) is 5.69 Å². The molecule has 198 valence electrons. The van der Waals surface area contributed by atoms with Gasteiger partial charge in [-0.05, 0) is 30.5 Å². The van der Waals surface area contributed by atoms with E-state index in [9.17, 15) is 24.5 Å². The molecule has 38 heavy (non-hydrogen) atoms. The average Bonchev–Trinajstić information content (AvgIpc) is 3.40. The number of likely N-dealkylation sites (tertiary alicyclic amines) is 1. The molecule has 1 aliphatic heterocycles. The Morgan fingerprint density at radius 2 is 1.63 bits per heavy atom. The van der Waals surface area contributed by atoms with Crippen LogP contribution >= 0.6 is 0 Å². The third kappa shape index (κ3) is 8.64. The van der Waals surface area contributed by atoms with Gasteiger partial charge in [0.15, 0.2) is 0 Å². The molecule has 0 aliphatic carbocycles. The largest absolute Gasteiger partial charge is 0.478 e. The Morgan fingerprint density at radius 1 is 1.03 bits per heavy atom. The number of carboxylic acid groups (broad SMARTS) is 2. The molecule has 0 radical (unpaired) electrons. The Kier molecular flexibility index (Phi) is 9.77. The Labute approximate surface area is 216 Å². The number of carbonyl (C=O) groups excluding carboxylic acids is 1. The molecule has 13 nitrogen and oxygen atoms in total. The fraction of sp³-hybridized carbons (Fsp3) is 0.240. The van der Waals surface area contributed by atoms with E-state index in [1.807, 2.05) is 18.2 Å². The summed E-state index contributed by atoms with van der Waals surface area (Å²) in [4.78, 5) is 48.3. The quantitative estimate of drug-likeness (QED) is 0.224. The van der Waals surface area contributed by atoms with Gasteiger partial charge in [-0.25, -0.2) is 9.59 Å². The maximum Gasteiger partial charge on any atom is 0.328 e. The van der Waals surface area contributed by atoms with E-state index in [1.54, 1.807) is 0 Å². The van der Waals surface area contributed by atoms with E-state index in [1.165, 1.54) is 29.8 Å². The van der Waals surface area contributed by atoms with E-state index < -0.39 is 16.9 Å². The zero-order valence-electron chi connectivity index (χ0n) is 20.1. The van der Waals surface area contributed by atoms with Crippen LogP contribution in [0.2, 0.25) is 0 Å². The van der Waals surface area contributed by atoms with Crippen molar-refractivity contribution in [2.45, 2.75) is 25.4 Å². The summed E-state index contributed by atoms with van der Waals surface area (Å²) >= 11 is 0. The van der Waals surface area contributed by atoms with E-state index in [0.29, 0.717) is 17.7 Å². The number of piperidine rings is 1. The van der Waals surface area contributed by atoms with Crippen molar-refractivity contribution in [3.8, 4) is 11.5 Å². The molecule has 4 rings (SSSR count). The highest BCUT2D eigenvalue weighted by Gasteiger charge is 2.23.